The number of nitrogens with one attached hydrogen (secondary N) is 2. The van der Waals surface area contributed by atoms with Gasteiger partial charge < -0.3 is 10.3 Å². The van der Waals surface area contributed by atoms with Crippen LogP contribution in [0.5, 0.6) is 0 Å². The highest BCUT2D eigenvalue weighted by atomic mass is 19.4. The van der Waals surface area contributed by atoms with Crippen LogP contribution >= 0.6 is 0 Å². The molecule has 4 nitrogen and oxygen atoms in total. The number of nitrogens with zero attached hydrogens (tertiary/aromatic N) is 1. The van der Waals surface area contributed by atoms with E-state index in [0.717, 1.165) is 19.2 Å². The molecule has 1 aromatic heterocycles. The quantitative estimate of drug-likeness (QED) is 0.858. The van der Waals surface area contributed by atoms with E-state index in [4.69, 9.17) is 0 Å². The van der Waals surface area contributed by atoms with Crippen molar-refractivity contribution in [1.82, 2.24) is 15.3 Å². The predicted octanol–water partition coefficient (Wildman–Crippen LogP) is 2.35. The molecule has 1 fully saturated rings. The number of rotatable bonds is 2. The van der Waals surface area contributed by atoms with Crippen LogP contribution in [0.1, 0.15) is 42.9 Å². The molecule has 1 aliphatic carbocycles. The van der Waals surface area contributed by atoms with Crippen LogP contribution in [-0.4, -0.2) is 21.9 Å². The van der Waals surface area contributed by atoms with Crippen molar-refractivity contribution in [1.29, 1.82) is 0 Å². The lowest BCUT2D eigenvalue weighted by molar-refractivity contribution is -0.141. The summed E-state index contributed by atoms with van der Waals surface area (Å²) in [4.78, 5) is 17.2. The largest absolute Gasteiger partial charge is 0.433 e. The lowest BCUT2D eigenvalue weighted by atomic mass is 9.67. The highest BCUT2D eigenvalue weighted by Crippen LogP contribution is 2.40. The molecule has 0 aromatic carbocycles. The summed E-state index contributed by atoms with van der Waals surface area (Å²) in [5.41, 5.74) is -1.76. The molecule has 1 amide bonds. The zero-order valence-corrected chi connectivity index (χ0v) is 10.1. The summed E-state index contributed by atoms with van der Waals surface area (Å²) in [7, 11) is 0. The number of H-pyrrole nitrogens is 1. The average Bonchev–Trinajstić information content (AvgIpc) is 2.72. The molecular weight excluding hydrogens is 247 g/mol. The minimum atomic E-state index is -4.60. The van der Waals surface area contributed by atoms with Crippen molar-refractivity contribution < 1.29 is 18.0 Å². The molecule has 7 heteroatoms. The van der Waals surface area contributed by atoms with E-state index in [1.165, 1.54) is 0 Å². The molecule has 1 unspecified atom stereocenters. The van der Waals surface area contributed by atoms with Gasteiger partial charge in [-0.1, -0.05) is 13.8 Å². The van der Waals surface area contributed by atoms with Gasteiger partial charge in [0.2, 0.25) is 0 Å². The topological polar surface area (TPSA) is 57.8 Å². The summed E-state index contributed by atoms with van der Waals surface area (Å²) in [5.74, 6) is -0.777. The second-order valence-electron chi connectivity index (χ2n) is 5.18. The van der Waals surface area contributed by atoms with Crippen molar-refractivity contribution in [2.24, 2.45) is 5.41 Å². The Morgan fingerprint density at radius 1 is 1.56 bits per heavy atom. The maximum atomic E-state index is 12.6. The summed E-state index contributed by atoms with van der Waals surface area (Å²) in [6, 6.07) is -0.0946. The Balaban J connectivity index is 2.13. The van der Waals surface area contributed by atoms with Crippen molar-refractivity contribution in [3.8, 4) is 0 Å². The van der Waals surface area contributed by atoms with Gasteiger partial charge in [-0.2, -0.15) is 13.2 Å². The van der Waals surface area contributed by atoms with Crippen LogP contribution in [0.25, 0.3) is 0 Å². The molecule has 2 N–H and O–H groups in total. The second-order valence-corrected chi connectivity index (χ2v) is 5.18. The number of alkyl halides is 3. The van der Waals surface area contributed by atoms with Crippen LogP contribution in [0.3, 0.4) is 0 Å². The lowest BCUT2D eigenvalue weighted by Gasteiger charge is -2.44. The normalized spacial score (nSPS) is 22.4. The van der Waals surface area contributed by atoms with E-state index in [2.05, 4.69) is 10.3 Å². The number of halogens is 3. The maximum absolute atomic E-state index is 12.6. The maximum Gasteiger partial charge on any atom is 0.433 e. The van der Waals surface area contributed by atoms with Crippen molar-refractivity contribution in [2.45, 2.75) is 38.9 Å². The Kier molecular flexibility index (Phi) is 2.87. The minimum Gasteiger partial charge on any atom is -0.347 e. The van der Waals surface area contributed by atoms with Crippen LogP contribution in [0, 0.1) is 5.41 Å². The molecule has 1 aromatic rings. The highest BCUT2D eigenvalue weighted by Gasteiger charge is 2.42. The van der Waals surface area contributed by atoms with Crippen molar-refractivity contribution in [3.63, 3.8) is 0 Å². The summed E-state index contributed by atoms with van der Waals surface area (Å²) < 4.78 is 37.7. The molecule has 0 aliphatic heterocycles. The molecule has 0 bridgehead atoms. The number of carbonyl (C=O) groups excluding carboxylic acids is 1. The van der Waals surface area contributed by atoms with Gasteiger partial charge in [-0.3, -0.25) is 4.79 Å². The summed E-state index contributed by atoms with van der Waals surface area (Å²) in [5, 5.41) is 2.60. The van der Waals surface area contributed by atoms with Crippen molar-refractivity contribution in [2.75, 3.05) is 0 Å². The molecule has 0 saturated heterocycles. The first-order chi connectivity index (χ1) is 8.22. The van der Waals surface area contributed by atoms with E-state index in [1.807, 2.05) is 18.8 Å². The molecular formula is C11H14F3N3O. The Labute approximate surface area is 102 Å². The van der Waals surface area contributed by atoms with Crippen LogP contribution in [0.15, 0.2) is 6.33 Å². The fourth-order valence-electron chi connectivity index (χ4n) is 2.04. The summed E-state index contributed by atoms with van der Waals surface area (Å²) in [6.45, 7) is 3.94. The predicted molar refractivity (Wildman–Crippen MR) is 57.9 cm³/mol. The van der Waals surface area contributed by atoms with Gasteiger partial charge in [-0.15, -0.1) is 0 Å². The molecule has 1 heterocycles. The second kappa shape index (κ2) is 4.00. The molecule has 18 heavy (non-hydrogen) atoms. The third-order valence-corrected chi connectivity index (χ3v) is 3.46. The van der Waals surface area contributed by atoms with Crippen LogP contribution in [-0.2, 0) is 6.18 Å². The van der Waals surface area contributed by atoms with Gasteiger partial charge >= 0.3 is 6.18 Å². The first-order valence-corrected chi connectivity index (χ1v) is 5.63. The molecule has 1 atom stereocenters. The number of hydrogen-bond donors (Lipinski definition) is 2. The van der Waals surface area contributed by atoms with Gasteiger partial charge in [0.25, 0.3) is 5.91 Å². The zero-order chi connectivity index (χ0) is 13.6. The number of aromatic nitrogens is 2. The van der Waals surface area contributed by atoms with Crippen molar-refractivity contribution in [3.05, 3.63) is 17.7 Å². The number of aromatic amines is 1. The van der Waals surface area contributed by atoms with E-state index in [0.29, 0.717) is 0 Å². The molecule has 0 spiro atoms. The van der Waals surface area contributed by atoms with E-state index < -0.39 is 23.5 Å². The van der Waals surface area contributed by atoms with Gasteiger partial charge in [-0.05, 0) is 18.3 Å². The Morgan fingerprint density at radius 2 is 2.22 bits per heavy atom. The van der Waals surface area contributed by atoms with Crippen LogP contribution < -0.4 is 5.32 Å². The van der Waals surface area contributed by atoms with Gasteiger partial charge in [0, 0.05) is 6.04 Å². The van der Waals surface area contributed by atoms with Gasteiger partial charge in [0.05, 0.1) is 6.33 Å². The molecule has 100 valence electrons. The number of carbonyl (C=O) groups is 1. The third-order valence-electron chi connectivity index (χ3n) is 3.46. The fourth-order valence-corrected chi connectivity index (χ4v) is 2.04. The zero-order valence-electron chi connectivity index (χ0n) is 10.1. The Bertz CT molecular complexity index is 464. The molecule has 2 rings (SSSR count). The number of hydrogen-bond acceptors (Lipinski definition) is 2. The van der Waals surface area contributed by atoms with Gasteiger partial charge in [0.15, 0.2) is 11.4 Å². The Hall–Kier alpha value is -1.53. The SMILES string of the molecule is CC1(C)CCC1NC(=O)c1nc[nH]c1C(F)(F)F. The molecule has 1 aliphatic rings. The van der Waals surface area contributed by atoms with E-state index >= 15 is 0 Å². The van der Waals surface area contributed by atoms with E-state index in [9.17, 15) is 18.0 Å². The van der Waals surface area contributed by atoms with Gasteiger partial charge in [-0.25, -0.2) is 4.98 Å². The van der Waals surface area contributed by atoms with Crippen molar-refractivity contribution >= 4 is 5.91 Å². The fraction of sp³-hybridized carbons (Fsp3) is 0.636. The lowest BCUT2D eigenvalue weighted by Crippen LogP contribution is -2.52. The Morgan fingerprint density at radius 3 is 2.67 bits per heavy atom. The standard InChI is InChI=1S/C11H14F3N3O/c1-10(2)4-3-6(10)17-9(18)7-8(11(12,13)14)16-5-15-7/h5-6H,3-4H2,1-2H3,(H,15,16)(H,17,18). The average molecular weight is 261 g/mol. The number of amides is 1. The minimum absolute atomic E-state index is 0.0651. The van der Waals surface area contributed by atoms with Gasteiger partial charge in [0.1, 0.15) is 0 Å². The molecule has 0 radical (unpaired) electrons. The highest BCUT2D eigenvalue weighted by molar-refractivity contribution is 5.93. The molecule has 1 saturated carbocycles. The summed E-state index contributed by atoms with van der Waals surface area (Å²) >= 11 is 0. The smallest absolute Gasteiger partial charge is 0.347 e. The monoisotopic (exact) mass is 261 g/mol. The third kappa shape index (κ3) is 2.21. The van der Waals surface area contributed by atoms with E-state index in [-0.39, 0.29) is 11.5 Å². The van der Waals surface area contributed by atoms with Crippen LogP contribution in [0.4, 0.5) is 13.2 Å². The van der Waals surface area contributed by atoms with Crippen LogP contribution in [0.2, 0.25) is 0 Å². The number of imidazole rings is 1. The first-order valence-electron chi connectivity index (χ1n) is 5.63. The summed E-state index contributed by atoms with van der Waals surface area (Å²) in [6.07, 6.45) is -1.99. The van der Waals surface area contributed by atoms with E-state index in [1.54, 1.807) is 0 Å². The first kappa shape index (κ1) is 12.9.